The lowest BCUT2D eigenvalue weighted by Gasteiger charge is -2.33. The van der Waals surface area contributed by atoms with Crippen LogP contribution in [0.25, 0.3) is 10.9 Å². The van der Waals surface area contributed by atoms with Crippen LogP contribution in [0.2, 0.25) is 0 Å². The molecule has 0 aliphatic carbocycles. The molecule has 0 atom stereocenters. The summed E-state index contributed by atoms with van der Waals surface area (Å²) in [7, 11) is -0.725. The second kappa shape index (κ2) is 6.40. The van der Waals surface area contributed by atoms with Gasteiger partial charge in [-0.05, 0) is 24.7 Å². The summed E-state index contributed by atoms with van der Waals surface area (Å²) in [5, 5.41) is 0.220. The van der Waals surface area contributed by atoms with Gasteiger partial charge in [0.15, 0.2) is 0 Å². The van der Waals surface area contributed by atoms with E-state index in [4.69, 9.17) is 0 Å². The highest BCUT2D eigenvalue weighted by Gasteiger charge is 2.28. The number of aryl methyl sites for hydroxylation is 1. The molecule has 136 valence electrons. The van der Waals surface area contributed by atoms with Crippen molar-refractivity contribution in [1.29, 1.82) is 0 Å². The fourth-order valence-electron chi connectivity index (χ4n) is 3.17. The molecule has 1 aliphatic heterocycles. The first-order valence-electron chi connectivity index (χ1n) is 8.19. The van der Waals surface area contributed by atoms with Crippen LogP contribution in [0.1, 0.15) is 6.92 Å². The van der Waals surface area contributed by atoms with E-state index < -0.39 is 21.3 Å². The van der Waals surface area contributed by atoms with Crippen molar-refractivity contribution in [1.82, 2.24) is 18.3 Å². The van der Waals surface area contributed by atoms with Gasteiger partial charge in [0.1, 0.15) is 0 Å². The number of sulfonamides is 1. The van der Waals surface area contributed by atoms with Gasteiger partial charge in [-0.25, -0.2) is 13.2 Å². The van der Waals surface area contributed by atoms with Crippen molar-refractivity contribution in [3.8, 4) is 0 Å². The monoisotopic (exact) mass is 366 g/mol. The molecule has 8 nitrogen and oxygen atoms in total. The van der Waals surface area contributed by atoms with Gasteiger partial charge < -0.3 is 4.90 Å². The van der Waals surface area contributed by atoms with E-state index in [-0.39, 0.29) is 10.3 Å². The number of likely N-dealkylation sites (N-methyl/N-ethyl adjacent to an activating group) is 1. The molecule has 0 bridgehead atoms. The largest absolute Gasteiger partial charge is 0.330 e. The SMILES string of the molecule is CCN1CCN(S(=O)(=O)c2ccc3c(c2)c(=O)n(C)c(=O)n3C)CC1. The standard InChI is InChI=1S/C16H22N4O4S/c1-4-19-7-9-20(10-8-19)25(23,24)12-5-6-14-13(11-12)15(21)18(3)16(22)17(14)2/h5-6,11H,4,7-10H2,1-3H3. The van der Waals surface area contributed by atoms with Gasteiger partial charge in [-0.2, -0.15) is 4.31 Å². The molecule has 0 radical (unpaired) electrons. The first-order valence-corrected chi connectivity index (χ1v) is 9.63. The van der Waals surface area contributed by atoms with E-state index in [2.05, 4.69) is 4.90 Å². The van der Waals surface area contributed by atoms with E-state index in [1.54, 1.807) is 7.05 Å². The number of fused-ring (bicyclic) bond motifs is 1. The minimum Gasteiger partial charge on any atom is -0.301 e. The summed E-state index contributed by atoms with van der Waals surface area (Å²) in [4.78, 5) is 26.6. The second-order valence-corrected chi connectivity index (χ2v) is 8.16. The maximum Gasteiger partial charge on any atom is 0.330 e. The topological polar surface area (TPSA) is 84.6 Å². The molecule has 25 heavy (non-hydrogen) atoms. The molecule has 0 amide bonds. The molecule has 2 aromatic rings. The smallest absolute Gasteiger partial charge is 0.301 e. The van der Waals surface area contributed by atoms with Crippen LogP contribution in [0.5, 0.6) is 0 Å². The Labute approximate surface area is 145 Å². The Kier molecular flexibility index (Phi) is 4.56. The quantitative estimate of drug-likeness (QED) is 0.736. The summed E-state index contributed by atoms with van der Waals surface area (Å²) < 4.78 is 29.6. The molecule has 1 saturated heterocycles. The van der Waals surface area contributed by atoms with Crippen molar-refractivity contribution in [2.75, 3.05) is 32.7 Å². The van der Waals surface area contributed by atoms with Gasteiger partial charge in [-0.3, -0.25) is 13.9 Å². The Bertz CT molecular complexity index is 1030. The maximum atomic E-state index is 12.9. The van der Waals surface area contributed by atoms with Gasteiger partial charge in [0.2, 0.25) is 10.0 Å². The molecule has 3 rings (SSSR count). The first kappa shape index (κ1) is 17.8. The molecule has 9 heteroatoms. The molecule has 2 heterocycles. The van der Waals surface area contributed by atoms with E-state index >= 15 is 0 Å². The average molecular weight is 366 g/mol. The predicted molar refractivity (Wildman–Crippen MR) is 95.3 cm³/mol. The van der Waals surface area contributed by atoms with Crippen molar-refractivity contribution >= 4 is 20.9 Å². The zero-order valence-electron chi connectivity index (χ0n) is 14.6. The highest BCUT2D eigenvalue weighted by molar-refractivity contribution is 7.89. The lowest BCUT2D eigenvalue weighted by Crippen LogP contribution is -2.48. The first-order chi connectivity index (χ1) is 11.8. The Morgan fingerprint density at radius 3 is 2.24 bits per heavy atom. The van der Waals surface area contributed by atoms with Crippen LogP contribution in [-0.2, 0) is 24.1 Å². The summed E-state index contributed by atoms with van der Waals surface area (Å²) in [6, 6.07) is 4.36. The maximum absolute atomic E-state index is 12.9. The number of hydrogen-bond donors (Lipinski definition) is 0. The molecular formula is C16H22N4O4S. The molecule has 0 spiro atoms. The Balaban J connectivity index is 2.08. The van der Waals surface area contributed by atoms with Gasteiger partial charge in [0.25, 0.3) is 5.56 Å². The van der Waals surface area contributed by atoms with Crippen molar-refractivity contribution in [3.05, 3.63) is 39.0 Å². The zero-order valence-corrected chi connectivity index (χ0v) is 15.4. The number of piperazine rings is 1. The number of benzene rings is 1. The minimum absolute atomic E-state index is 0.0840. The van der Waals surface area contributed by atoms with Gasteiger partial charge >= 0.3 is 5.69 Å². The summed E-state index contributed by atoms with van der Waals surface area (Å²) in [5.74, 6) is 0. The van der Waals surface area contributed by atoms with Gasteiger partial charge in [0, 0.05) is 40.3 Å². The van der Waals surface area contributed by atoms with Crippen LogP contribution < -0.4 is 11.2 Å². The molecule has 1 aliphatic rings. The highest BCUT2D eigenvalue weighted by atomic mass is 32.2. The van der Waals surface area contributed by atoms with Crippen LogP contribution in [0, 0.1) is 0 Å². The van der Waals surface area contributed by atoms with E-state index in [0.717, 1.165) is 11.1 Å². The van der Waals surface area contributed by atoms with E-state index in [1.807, 2.05) is 6.92 Å². The lowest BCUT2D eigenvalue weighted by atomic mass is 10.2. The fourth-order valence-corrected chi connectivity index (χ4v) is 4.62. The minimum atomic E-state index is -3.67. The summed E-state index contributed by atoms with van der Waals surface area (Å²) in [6.07, 6.45) is 0. The zero-order chi connectivity index (χ0) is 18.4. The molecule has 1 aromatic heterocycles. The normalized spacial score (nSPS) is 17.2. The molecular weight excluding hydrogens is 344 g/mol. The summed E-state index contributed by atoms with van der Waals surface area (Å²) in [6.45, 7) is 5.19. The second-order valence-electron chi connectivity index (χ2n) is 6.22. The van der Waals surface area contributed by atoms with Crippen LogP contribution in [0.3, 0.4) is 0 Å². The van der Waals surface area contributed by atoms with E-state index in [0.29, 0.717) is 31.7 Å². The third-order valence-corrected chi connectivity index (χ3v) is 6.75. The number of nitrogens with zero attached hydrogens (tertiary/aromatic N) is 4. The van der Waals surface area contributed by atoms with Gasteiger partial charge in [0.05, 0.1) is 15.8 Å². The third-order valence-electron chi connectivity index (χ3n) is 4.85. The van der Waals surface area contributed by atoms with Crippen LogP contribution in [-0.4, -0.2) is 59.5 Å². The molecule has 0 N–H and O–H groups in total. The van der Waals surface area contributed by atoms with Crippen LogP contribution >= 0.6 is 0 Å². The number of hydrogen-bond acceptors (Lipinski definition) is 5. The molecule has 0 saturated carbocycles. The average Bonchev–Trinajstić information content (AvgIpc) is 2.64. The van der Waals surface area contributed by atoms with Gasteiger partial charge in [-0.1, -0.05) is 6.92 Å². The number of aromatic nitrogens is 2. The summed E-state index contributed by atoms with van der Waals surface area (Å²) in [5.41, 5.74) is -0.516. The summed E-state index contributed by atoms with van der Waals surface area (Å²) >= 11 is 0. The molecule has 1 fully saturated rings. The van der Waals surface area contributed by atoms with E-state index in [1.165, 1.54) is 34.1 Å². The predicted octanol–water partition coefficient (Wildman–Crippen LogP) is -0.437. The highest BCUT2D eigenvalue weighted by Crippen LogP contribution is 2.20. The van der Waals surface area contributed by atoms with Crippen molar-refractivity contribution < 1.29 is 8.42 Å². The van der Waals surface area contributed by atoms with Gasteiger partial charge in [-0.15, -0.1) is 0 Å². The Hall–Kier alpha value is -1.97. The lowest BCUT2D eigenvalue weighted by molar-refractivity contribution is 0.196. The molecule has 0 unspecified atom stereocenters. The van der Waals surface area contributed by atoms with Crippen LogP contribution in [0.4, 0.5) is 0 Å². The number of rotatable bonds is 3. The van der Waals surface area contributed by atoms with Crippen LogP contribution in [0.15, 0.2) is 32.7 Å². The third kappa shape index (κ3) is 2.92. The Morgan fingerprint density at radius 2 is 1.64 bits per heavy atom. The molecule has 1 aromatic carbocycles. The van der Waals surface area contributed by atoms with Crippen molar-refractivity contribution in [3.63, 3.8) is 0 Å². The Morgan fingerprint density at radius 1 is 1.00 bits per heavy atom. The van der Waals surface area contributed by atoms with E-state index in [9.17, 15) is 18.0 Å². The fraction of sp³-hybridized carbons (Fsp3) is 0.500. The van der Waals surface area contributed by atoms with Crippen molar-refractivity contribution in [2.45, 2.75) is 11.8 Å². The van der Waals surface area contributed by atoms with Crippen molar-refractivity contribution in [2.24, 2.45) is 14.1 Å².